The van der Waals surface area contributed by atoms with Gasteiger partial charge in [0, 0.05) is 5.39 Å². The van der Waals surface area contributed by atoms with Crippen LogP contribution in [-0.4, -0.2) is 23.3 Å². The lowest BCUT2D eigenvalue weighted by molar-refractivity contribution is 0.0473. The van der Waals surface area contributed by atoms with E-state index in [0.29, 0.717) is 27.9 Å². The highest BCUT2D eigenvalue weighted by molar-refractivity contribution is 6.04. The molecule has 5 nitrogen and oxygen atoms in total. The van der Waals surface area contributed by atoms with Crippen molar-refractivity contribution in [3.05, 3.63) is 65.4 Å². The molecule has 1 heterocycles. The van der Waals surface area contributed by atoms with Crippen LogP contribution < -0.4 is 4.74 Å². The minimum absolute atomic E-state index is 0.215. The van der Waals surface area contributed by atoms with Gasteiger partial charge in [-0.15, -0.1) is 0 Å². The Balaban J connectivity index is 1.94. The number of carbonyl (C=O) groups excluding carboxylic acids is 1. The summed E-state index contributed by atoms with van der Waals surface area (Å²) < 4.78 is 10.7. The number of fused-ring (bicyclic) bond motifs is 1. The van der Waals surface area contributed by atoms with E-state index in [9.17, 15) is 4.79 Å². The first-order chi connectivity index (χ1) is 11.2. The van der Waals surface area contributed by atoms with Crippen molar-refractivity contribution in [2.75, 3.05) is 7.11 Å². The van der Waals surface area contributed by atoms with Gasteiger partial charge < -0.3 is 9.47 Å². The minimum Gasteiger partial charge on any atom is -0.497 e. The first-order valence-corrected chi connectivity index (χ1v) is 7.21. The summed E-state index contributed by atoms with van der Waals surface area (Å²) in [6, 6.07) is 14.9. The van der Waals surface area contributed by atoms with Crippen molar-refractivity contribution >= 4 is 16.9 Å². The second kappa shape index (κ2) is 6.44. The molecule has 0 amide bonds. The average Bonchev–Trinajstić information content (AvgIpc) is 2.60. The molecule has 0 unspecified atom stereocenters. The van der Waals surface area contributed by atoms with E-state index in [0.717, 1.165) is 5.56 Å². The first kappa shape index (κ1) is 15.0. The van der Waals surface area contributed by atoms with Crippen LogP contribution >= 0.6 is 0 Å². The van der Waals surface area contributed by atoms with Gasteiger partial charge in [0.25, 0.3) is 0 Å². The lowest BCUT2D eigenvalue weighted by atomic mass is 10.1. The summed E-state index contributed by atoms with van der Waals surface area (Å²) in [7, 11) is 1.58. The second-order valence-electron chi connectivity index (χ2n) is 5.11. The number of nitrogens with zero attached hydrogens (tertiary/aromatic N) is 2. The smallest absolute Gasteiger partial charge is 0.341 e. The van der Waals surface area contributed by atoms with Gasteiger partial charge in [0.2, 0.25) is 0 Å². The number of hydrogen-bond donors (Lipinski definition) is 0. The lowest BCUT2D eigenvalue weighted by Gasteiger charge is -2.10. The van der Waals surface area contributed by atoms with E-state index in [2.05, 4.69) is 10.2 Å². The third-order valence-electron chi connectivity index (χ3n) is 3.56. The second-order valence-corrected chi connectivity index (χ2v) is 5.11. The van der Waals surface area contributed by atoms with Gasteiger partial charge in [0.1, 0.15) is 12.4 Å². The molecule has 3 rings (SSSR count). The summed E-state index contributed by atoms with van der Waals surface area (Å²) in [5.41, 5.74) is 2.51. The monoisotopic (exact) mass is 308 g/mol. The zero-order valence-electron chi connectivity index (χ0n) is 12.9. The molecule has 0 atom stereocenters. The Kier molecular flexibility index (Phi) is 4.19. The predicted molar refractivity (Wildman–Crippen MR) is 86.4 cm³/mol. The third kappa shape index (κ3) is 3.13. The Hall–Kier alpha value is -2.95. The molecule has 23 heavy (non-hydrogen) atoms. The fourth-order valence-electron chi connectivity index (χ4n) is 2.36. The molecular formula is C18H16N2O3. The van der Waals surface area contributed by atoms with Crippen LogP contribution in [0.1, 0.15) is 21.6 Å². The van der Waals surface area contributed by atoms with Crippen molar-refractivity contribution in [1.29, 1.82) is 0 Å². The van der Waals surface area contributed by atoms with E-state index in [1.54, 1.807) is 32.2 Å². The minimum atomic E-state index is -0.417. The quantitative estimate of drug-likeness (QED) is 0.692. The molecule has 3 aromatic rings. The van der Waals surface area contributed by atoms with E-state index in [-0.39, 0.29) is 6.61 Å². The van der Waals surface area contributed by atoms with Crippen LogP contribution in [-0.2, 0) is 11.3 Å². The van der Waals surface area contributed by atoms with E-state index >= 15 is 0 Å². The highest BCUT2D eigenvalue weighted by atomic mass is 16.5. The number of hydrogen-bond acceptors (Lipinski definition) is 5. The van der Waals surface area contributed by atoms with Gasteiger partial charge in [-0.2, -0.15) is 10.2 Å². The molecule has 116 valence electrons. The maximum Gasteiger partial charge on any atom is 0.341 e. The first-order valence-electron chi connectivity index (χ1n) is 7.21. The zero-order chi connectivity index (χ0) is 16.2. The number of esters is 1. The molecule has 1 aromatic heterocycles. The molecule has 5 heteroatoms. The molecule has 0 fully saturated rings. The number of aromatic nitrogens is 2. The molecule has 0 spiro atoms. The van der Waals surface area contributed by atoms with Gasteiger partial charge in [-0.05, 0) is 30.7 Å². The van der Waals surface area contributed by atoms with Crippen molar-refractivity contribution < 1.29 is 14.3 Å². The number of ether oxygens (including phenoxy) is 2. The Labute approximate surface area is 133 Å². The normalized spacial score (nSPS) is 10.5. The van der Waals surface area contributed by atoms with Crippen LogP contribution in [0.4, 0.5) is 0 Å². The predicted octanol–water partition coefficient (Wildman–Crippen LogP) is 3.30. The standard InChI is InChI=1S/C18H16N2O3/c1-12-17(18(21)23-11-13-6-4-3-5-7-13)15-10-14(22-2)8-9-16(15)20-19-12/h3-10H,11H2,1-2H3. The van der Waals surface area contributed by atoms with E-state index in [1.807, 2.05) is 30.3 Å². The summed E-state index contributed by atoms with van der Waals surface area (Å²) in [6.07, 6.45) is 0. The van der Waals surface area contributed by atoms with Crippen LogP contribution in [0.15, 0.2) is 48.5 Å². The van der Waals surface area contributed by atoms with Crippen molar-refractivity contribution in [2.45, 2.75) is 13.5 Å². The molecule has 0 bridgehead atoms. The van der Waals surface area contributed by atoms with E-state index in [4.69, 9.17) is 9.47 Å². The molecule has 2 aromatic carbocycles. The Morgan fingerprint density at radius 3 is 2.61 bits per heavy atom. The van der Waals surface area contributed by atoms with Crippen LogP contribution in [0.3, 0.4) is 0 Å². The van der Waals surface area contributed by atoms with Crippen LogP contribution in [0.25, 0.3) is 10.9 Å². The molecule has 0 aliphatic rings. The molecule has 0 radical (unpaired) electrons. The summed E-state index contributed by atoms with van der Waals surface area (Å²) in [4.78, 5) is 12.5. The number of rotatable bonds is 4. The Bertz CT molecular complexity index is 848. The summed E-state index contributed by atoms with van der Waals surface area (Å²) in [6.45, 7) is 1.96. The fraction of sp³-hybridized carbons (Fsp3) is 0.167. The van der Waals surface area contributed by atoms with Crippen molar-refractivity contribution in [3.63, 3.8) is 0 Å². The molecule has 0 N–H and O–H groups in total. The van der Waals surface area contributed by atoms with E-state index < -0.39 is 5.97 Å². The van der Waals surface area contributed by atoms with Crippen molar-refractivity contribution in [3.8, 4) is 5.75 Å². The van der Waals surface area contributed by atoms with Gasteiger partial charge in [0.05, 0.1) is 23.9 Å². The maximum absolute atomic E-state index is 12.5. The van der Waals surface area contributed by atoms with Gasteiger partial charge in [-0.3, -0.25) is 0 Å². The maximum atomic E-state index is 12.5. The number of methoxy groups -OCH3 is 1. The van der Waals surface area contributed by atoms with Gasteiger partial charge in [0.15, 0.2) is 0 Å². The Morgan fingerprint density at radius 2 is 1.87 bits per heavy atom. The lowest BCUT2D eigenvalue weighted by Crippen LogP contribution is -2.10. The average molecular weight is 308 g/mol. The number of carbonyl (C=O) groups is 1. The topological polar surface area (TPSA) is 61.3 Å². The molecule has 0 aliphatic heterocycles. The SMILES string of the molecule is COc1ccc2nnc(C)c(C(=O)OCc3ccccc3)c2c1. The van der Waals surface area contributed by atoms with Crippen molar-refractivity contribution in [2.24, 2.45) is 0 Å². The highest BCUT2D eigenvalue weighted by Crippen LogP contribution is 2.24. The van der Waals surface area contributed by atoms with Crippen LogP contribution in [0.2, 0.25) is 0 Å². The molecule has 0 saturated carbocycles. The van der Waals surface area contributed by atoms with E-state index in [1.165, 1.54) is 0 Å². The number of benzene rings is 2. The van der Waals surface area contributed by atoms with Crippen molar-refractivity contribution in [1.82, 2.24) is 10.2 Å². The summed E-state index contributed by atoms with van der Waals surface area (Å²) in [5, 5.41) is 8.83. The van der Waals surface area contributed by atoms with Gasteiger partial charge in [-0.25, -0.2) is 4.79 Å². The van der Waals surface area contributed by atoms with Gasteiger partial charge >= 0.3 is 5.97 Å². The Morgan fingerprint density at radius 1 is 1.09 bits per heavy atom. The molecule has 0 aliphatic carbocycles. The molecular weight excluding hydrogens is 292 g/mol. The fourth-order valence-corrected chi connectivity index (χ4v) is 2.36. The summed E-state index contributed by atoms with van der Waals surface area (Å²) >= 11 is 0. The largest absolute Gasteiger partial charge is 0.497 e. The number of aryl methyl sites for hydroxylation is 1. The van der Waals surface area contributed by atoms with Crippen LogP contribution in [0, 0.1) is 6.92 Å². The third-order valence-corrected chi connectivity index (χ3v) is 3.56. The van der Waals surface area contributed by atoms with Crippen LogP contribution in [0.5, 0.6) is 5.75 Å². The highest BCUT2D eigenvalue weighted by Gasteiger charge is 2.17. The zero-order valence-corrected chi connectivity index (χ0v) is 12.9. The molecule has 0 saturated heterocycles. The summed E-state index contributed by atoms with van der Waals surface area (Å²) in [5.74, 6) is 0.238. The van der Waals surface area contributed by atoms with Gasteiger partial charge in [-0.1, -0.05) is 30.3 Å².